The fraction of sp³-hybridized carbons (Fsp3) is 0.348. The number of nitrogens with one attached hydrogen (secondary N) is 1. The smallest absolute Gasteiger partial charge is 0.186 e. The first kappa shape index (κ1) is 17.3. The van der Waals surface area contributed by atoms with Crippen molar-refractivity contribution >= 4 is 43.3 Å². The van der Waals surface area contributed by atoms with Crippen LogP contribution in [0, 0.1) is 5.82 Å². The minimum Gasteiger partial charge on any atom is -0.371 e. The normalized spacial score (nSPS) is 17.3. The first-order valence-electron chi connectivity index (χ1n) is 10.4. The highest BCUT2D eigenvalue weighted by Crippen LogP contribution is 2.36. The molecule has 29 heavy (non-hydrogen) atoms. The van der Waals surface area contributed by atoms with Crippen molar-refractivity contribution in [1.29, 1.82) is 0 Å². The predicted octanol–water partition coefficient (Wildman–Crippen LogP) is 5.47. The van der Waals surface area contributed by atoms with Gasteiger partial charge in [-0.15, -0.1) is 0 Å². The molecule has 4 heterocycles. The van der Waals surface area contributed by atoms with E-state index in [0.717, 1.165) is 54.2 Å². The maximum atomic E-state index is 13.6. The fourth-order valence-corrected chi connectivity index (χ4v) is 5.72. The monoisotopic (exact) mass is 406 g/mol. The van der Waals surface area contributed by atoms with Crippen LogP contribution >= 0.6 is 11.3 Å². The number of hydrogen-bond acceptors (Lipinski definition) is 4. The van der Waals surface area contributed by atoms with Gasteiger partial charge in [0.2, 0.25) is 0 Å². The van der Waals surface area contributed by atoms with Crippen molar-refractivity contribution in [2.75, 3.05) is 29.4 Å². The summed E-state index contributed by atoms with van der Waals surface area (Å²) in [7, 11) is 0. The molecule has 6 heteroatoms. The number of aromatic nitrogens is 2. The van der Waals surface area contributed by atoms with Crippen LogP contribution in [0.2, 0.25) is 0 Å². The van der Waals surface area contributed by atoms with E-state index in [2.05, 4.69) is 33.0 Å². The molecular formula is C23H23FN4S. The van der Waals surface area contributed by atoms with Crippen LogP contribution in [0.3, 0.4) is 0 Å². The first-order valence-corrected chi connectivity index (χ1v) is 11.3. The standard InChI is InChI=1S/C23H23FN4S/c24-15-4-6-17-18-14-28(11-8-19(18)25-20(17)12-15)23-26-21-13-16(5-7-22(21)29-23)27-9-2-1-3-10-27/h4-7,12-13,25H,1-3,8-11,14H2. The maximum absolute atomic E-state index is 13.6. The van der Waals surface area contributed by atoms with Gasteiger partial charge < -0.3 is 14.8 Å². The Morgan fingerprint density at radius 3 is 2.76 bits per heavy atom. The Labute approximate surface area is 173 Å². The summed E-state index contributed by atoms with van der Waals surface area (Å²) in [4.78, 5) is 13.3. The molecule has 6 rings (SSSR count). The topological polar surface area (TPSA) is 35.2 Å². The summed E-state index contributed by atoms with van der Waals surface area (Å²) >= 11 is 1.77. The summed E-state index contributed by atoms with van der Waals surface area (Å²) in [5.41, 5.74) is 5.80. The van der Waals surface area contributed by atoms with Crippen molar-refractivity contribution < 1.29 is 4.39 Å². The Morgan fingerprint density at radius 2 is 1.86 bits per heavy atom. The summed E-state index contributed by atoms with van der Waals surface area (Å²) < 4.78 is 14.8. The van der Waals surface area contributed by atoms with Crippen LogP contribution in [-0.4, -0.2) is 29.6 Å². The van der Waals surface area contributed by atoms with Gasteiger partial charge in [0.25, 0.3) is 0 Å². The van der Waals surface area contributed by atoms with Gasteiger partial charge >= 0.3 is 0 Å². The van der Waals surface area contributed by atoms with E-state index < -0.39 is 0 Å². The van der Waals surface area contributed by atoms with E-state index in [1.807, 2.05) is 6.07 Å². The number of thiazole rings is 1. The van der Waals surface area contributed by atoms with Crippen LogP contribution in [0.15, 0.2) is 36.4 Å². The minimum atomic E-state index is -0.191. The van der Waals surface area contributed by atoms with Gasteiger partial charge in [-0.1, -0.05) is 11.3 Å². The van der Waals surface area contributed by atoms with Crippen LogP contribution in [0.25, 0.3) is 21.1 Å². The lowest BCUT2D eigenvalue weighted by Crippen LogP contribution is -2.29. The number of aromatic amines is 1. The number of halogens is 1. The summed E-state index contributed by atoms with van der Waals surface area (Å²) in [6.07, 6.45) is 4.84. The van der Waals surface area contributed by atoms with Crippen molar-refractivity contribution in [2.45, 2.75) is 32.2 Å². The van der Waals surface area contributed by atoms with Crippen LogP contribution in [0.1, 0.15) is 30.5 Å². The summed E-state index contributed by atoms with van der Waals surface area (Å²) in [5, 5.41) is 2.21. The lowest BCUT2D eigenvalue weighted by atomic mass is 10.1. The third-order valence-corrected chi connectivity index (χ3v) is 7.39. The van der Waals surface area contributed by atoms with Gasteiger partial charge in [-0.25, -0.2) is 9.37 Å². The van der Waals surface area contributed by atoms with Gasteiger partial charge in [0.05, 0.1) is 10.2 Å². The van der Waals surface area contributed by atoms with Crippen LogP contribution in [-0.2, 0) is 13.0 Å². The zero-order chi connectivity index (χ0) is 19.4. The molecule has 4 aromatic rings. The van der Waals surface area contributed by atoms with Crippen LogP contribution in [0.5, 0.6) is 0 Å². The molecule has 0 amide bonds. The second-order valence-corrected chi connectivity index (χ2v) is 9.15. The molecule has 148 valence electrons. The Bertz CT molecular complexity index is 1200. The molecular weight excluding hydrogens is 383 g/mol. The summed E-state index contributed by atoms with van der Waals surface area (Å²) in [5.74, 6) is -0.191. The average Bonchev–Trinajstić information content (AvgIpc) is 3.34. The zero-order valence-corrected chi connectivity index (χ0v) is 17.1. The van der Waals surface area contributed by atoms with Gasteiger partial charge in [-0.2, -0.15) is 0 Å². The summed E-state index contributed by atoms with van der Waals surface area (Å²) in [6.45, 7) is 4.05. The predicted molar refractivity (Wildman–Crippen MR) is 119 cm³/mol. The van der Waals surface area contributed by atoms with E-state index in [0.29, 0.717) is 0 Å². The molecule has 2 aromatic heterocycles. The molecule has 0 unspecified atom stereocenters. The minimum absolute atomic E-state index is 0.191. The molecule has 0 spiro atoms. The number of benzene rings is 2. The Balaban J connectivity index is 1.32. The molecule has 2 aromatic carbocycles. The lowest BCUT2D eigenvalue weighted by molar-refractivity contribution is 0.578. The largest absolute Gasteiger partial charge is 0.371 e. The SMILES string of the molecule is Fc1ccc2c3c([nH]c2c1)CCN(c1nc2cc(N4CCCCC4)ccc2s1)C3. The van der Waals surface area contributed by atoms with Crippen molar-refractivity contribution in [3.05, 3.63) is 53.5 Å². The van der Waals surface area contributed by atoms with Gasteiger partial charge in [-0.3, -0.25) is 0 Å². The van der Waals surface area contributed by atoms with E-state index in [9.17, 15) is 4.39 Å². The van der Waals surface area contributed by atoms with E-state index in [1.165, 1.54) is 40.9 Å². The summed E-state index contributed by atoms with van der Waals surface area (Å²) in [6, 6.07) is 11.8. The lowest BCUT2D eigenvalue weighted by Gasteiger charge is -2.28. The van der Waals surface area contributed by atoms with Crippen LogP contribution < -0.4 is 9.80 Å². The Kier molecular flexibility index (Phi) is 4.01. The third kappa shape index (κ3) is 2.97. The van der Waals surface area contributed by atoms with E-state index in [-0.39, 0.29) is 5.82 Å². The maximum Gasteiger partial charge on any atom is 0.186 e. The molecule has 2 aliphatic rings. The molecule has 0 aliphatic carbocycles. The number of piperidine rings is 1. The average molecular weight is 407 g/mol. The van der Waals surface area contributed by atoms with Crippen molar-refractivity contribution in [2.24, 2.45) is 0 Å². The van der Waals surface area contributed by atoms with E-state index in [1.54, 1.807) is 23.5 Å². The molecule has 4 nitrogen and oxygen atoms in total. The van der Waals surface area contributed by atoms with Crippen molar-refractivity contribution in [3.8, 4) is 0 Å². The van der Waals surface area contributed by atoms with Crippen LogP contribution in [0.4, 0.5) is 15.2 Å². The molecule has 1 fully saturated rings. The molecule has 1 saturated heterocycles. The second kappa shape index (κ2) is 6.73. The number of H-pyrrole nitrogens is 1. The molecule has 0 atom stereocenters. The van der Waals surface area contributed by atoms with Gasteiger partial charge in [0, 0.05) is 60.4 Å². The quantitative estimate of drug-likeness (QED) is 0.479. The molecule has 0 bridgehead atoms. The highest BCUT2D eigenvalue weighted by atomic mass is 32.1. The van der Waals surface area contributed by atoms with Crippen molar-refractivity contribution in [3.63, 3.8) is 0 Å². The van der Waals surface area contributed by atoms with E-state index in [4.69, 9.17) is 4.98 Å². The Hall–Kier alpha value is -2.60. The van der Waals surface area contributed by atoms with Gasteiger partial charge in [-0.05, 0) is 55.7 Å². The fourth-order valence-electron chi connectivity index (χ4n) is 4.75. The van der Waals surface area contributed by atoms with Gasteiger partial charge in [0.1, 0.15) is 5.82 Å². The Morgan fingerprint density at radius 1 is 0.966 bits per heavy atom. The highest BCUT2D eigenvalue weighted by Gasteiger charge is 2.23. The highest BCUT2D eigenvalue weighted by molar-refractivity contribution is 7.22. The van der Waals surface area contributed by atoms with Crippen molar-refractivity contribution in [1.82, 2.24) is 9.97 Å². The zero-order valence-electron chi connectivity index (χ0n) is 16.2. The number of nitrogens with zero attached hydrogens (tertiary/aromatic N) is 3. The molecule has 2 aliphatic heterocycles. The number of anilines is 2. The van der Waals surface area contributed by atoms with E-state index >= 15 is 0 Å². The molecule has 0 radical (unpaired) electrons. The number of hydrogen-bond donors (Lipinski definition) is 1. The first-order chi connectivity index (χ1) is 14.2. The van der Waals surface area contributed by atoms with Gasteiger partial charge in [0.15, 0.2) is 5.13 Å². The molecule has 0 saturated carbocycles. The third-order valence-electron chi connectivity index (χ3n) is 6.29. The molecule has 1 N–H and O–H groups in total. The second-order valence-electron chi connectivity index (χ2n) is 8.14. The number of fused-ring (bicyclic) bond motifs is 4. The number of rotatable bonds is 2.